The van der Waals surface area contributed by atoms with Gasteiger partial charge in [0.25, 0.3) is 0 Å². The summed E-state index contributed by atoms with van der Waals surface area (Å²) in [6.07, 6.45) is 2.35. The highest BCUT2D eigenvalue weighted by molar-refractivity contribution is 5.69. The van der Waals surface area contributed by atoms with E-state index >= 15 is 0 Å². The predicted molar refractivity (Wildman–Crippen MR) is 51.0 cm³/mol. The van der Waals surface area contributed by atoms with Crippen LogP contribution in [0.25, 0.3) is 0 Å². The summed E-state index contributed by atoms with van der Waals surface area (Å²) >= 11 is 0. The lowest BCUT2D eigenvalue weighted by atomic mass is 10.1. The van der Waals surface area contributed by atoms with Crippen LogP contribution < -0.4 is 0 Å². The third kappa shape index (κ3) is 4.07. The fourth-order valence-electron chi connectivity index (χ4n) is 1.51. The van der Waals surface area contributed by atoms with Crippen LogP contribution in [0, 0.1) is 0 Å². The number of rotatable bonds is 4. The molecular weight excluding hydrogens is 184 g/mol. The Hall–Kier alpha value is -0.610. The molecule has 1 aliphatic heterocycles. The first-order valence-electron chi connectivity index (χ1n) is 5.02. The van der Waals surface area contributed by atoms with Crippen LogP contribution >= 0.6 is 0 Å². The molecule has 1 fully saturated rings. The fourth-order valence-corrected chi connectivity index (χ4v) is 1.51. The van der Waals surface area contributed by atoms with Crippen molar-refractivity contribution >= 4 is 5.97 Å². The summed E-state index contributed by atoms with van der Waals surface area (Å²) in [5.41, 5.74) is 0. The number of hydrogen-bond acceptors (Lipinski definition) is 4. The molecule has 0 amide bonds. The lowest BCUT2D eigenvalue weighted by molar-refractivity contribution is -0.145. The van der Waals surface area contributed by atoms with Crippen LogP contribution in [0.4, 0.5) is 0 Å². The van der Waals surface area contributed by atoms with Crippen molar-refractivity contribution in [1.82, 2.24) is 0 Å². The molecule has 1 aliphatic rings. The maximum atomic E-state index is 10.9. The Morgan fingerprint density at radius 2 is 2.14 bits per heavy atom. The maximum absolute atomic E-state index is 10.9. The second kappa shape index (κ2) is 5.98. The average molecular weight is 202 g/mol. The molecule has 0 N–H and O–H groups in total. The number of esters is 1. The number of ether oxygens (including phenoxy) is 3. The van der Waals surface area contributed by atoms with Crippen LogP contribution in [0.3, 0.4) is 0 Å². The molecule has 1 rings (SSSR count). The highest BCUT2D eigenvalue weighted by Crippen LogP contribution is 2.14. The summed E-state index contributed by atoms with van der Waals surface area (Å²) in [4.78, 5) is 10.9. The van der Waals surface area contributed by atoms with Gasteiger partial charge in [0.05, 0.1) is 25.7 Å². The maximum Gasteiger partial charge on any atom is 0.308 e. The molecule has 1 heterocycles. The summed E-state index contributed by atoms with van der Waals surface area (Å²) in [7, 11) is 1.39. The van der Waals surface area contributed by atoms with Gasteiger partial charge in [0.1, 0.15) is 0 Å². The van der Waals surface area contributed by atoms with Crippen molar-refractivity contribution < 1.29 is 19.0 Å². The van der Waals surface area contributed by atoms with Crippen molar-refractivity contribution in [1.29, 1.82) is 0 Å². The Bertz CT molecular complexity index is 175. The van der Waals surface area contributed by atoms with Crippen LogP contribution in [-0.4, -0.2) is 38.5 Å². The van der Waals surface area contributed by atoms with E-state index in [1.54, 1.807) is 0 Å². The molecule has 1 atom stereocenters. The zero-order chi connectivity index (χ0) is 10.4. The minimum absolute atomic E-state index is 0.0643. The van der Waals surface area contributed by atoms with Crippen molar-refractivity contribution in [3.63, 3.8) is 0 Å². The monoisotopic (exact) mass is 202 g/mol. The molecule has 14 heavy (non-hydrogen) atoms. The first kappa shape index (κ1) is 11.5. The van der Waals surface area contributed by atoms with E-state index in [4.69, 9.17) is 9.47 Å². The number of methoxy groups -OCH3 is 1. The van der Waals surface area contributed by atoms with Gasteiger partial charge in [-0.15, -0.1) is 0 Å². The van der Waals surface area contributed by atoms with Crippen LogP contribution in [0.1, 0.15) is 26.2 Å². The van der Waals surface area contributed by atoms with Gasteiger partial charge in [0.15, 0.2) is 0 Å². The van der Waals surface area contributed by atoms with Crippen LogP contribution in [0.2, 0.25) is 0 Å². The predicted octanol–water partition coefficient (Wildman–Crippen LogP) is 1.13. The van der Waals surface area contributed by atoms with Crippen molar-refractivity contribution in [2.24, 2.45) is 0 Å². The van der Waals surface area contributed by atoms with E-state index in [9.17, 15) is 4.79 Å². The van der Waals surface area contributed by atoms with Crippen LogP contribution in [0.15, 0.2) is 0 Å². The normalized spacial score (nSPS) is 20.4. The van der Waals surface area contributed by atoms with E-state index in [0.29, 0.717) is 6.42 Å². The molecule has 82 valence electrons. The molecule has 0 aromatic rings. The van der Waals surface area contributed by atoms with Gasteiger partial charge in [0, 0.05) is 13.2 Å². The molecule has 1 unspecified atom stereocenters. The smallest absolute Gasteiger partial charge is 0.308 e. The summed E-state index contributed by atoms with van der Waals surface area (Å²) in [5.74, 6) is -0.218. The standard InChI is InChI=1S/C10H18O4/c1-8(7-10(11)12-2)14-9-3-5-13-6-4-9/h8-9H,3-7H2,1-2H3. The minimum atomic E-state index is -0.218. The molecule has 0 aliphatic carbocycles. The first-order valence-corrected chi connectivity index (χ1v) is 5.02. The van der Waals surface area contributed by atoms with Gasteiger partial charge in [-0.05, 0) is 19.8 Å². The molecule has 0 aromatic heterocycles. The molecule has 4 nitrogen and oxygen atoms in total. The Kier molecular flexibility index (Phi) is 4.90. The van der Waals surface area contributed by atoms with Gasteiger partial charge in [0.2, 0.25) is 0 Å². The number of carbonyl (C=O) groups excluding carboxylic acids is 1. The van der Waals surface area contributed by atoms with E-state index in [0.717, 1.165) is 26.1 Å². The molecule has 0 radical (unpaired) electrons. The zero-order valence-corrected chi connectivity index (χ0v) is 8.82. The van der Waals surface area contributed by atoms with Crippen molar-refractivity contribution in [3.8, 4) is 0 Å². The quantitative estimate of drug-likeness (QED) is 0.641. The van der Waals surface area contributed by atoms with Crippen molar-refractivity contribution in [2.45, 2.75) is 38.4 Å². The highest BCUT2D eigenvalue weighted by Gasteiger charge is 2.18. The van der Waals surface area contributed by atoms with Gasteiger partial charge < -0.3 is 14.2 Å². The summed E-state index contributed by atoms with van der Waals surface area (Å²) in [6.45, 7) is 3.41. The minimum Gasteiger partial charge on any atom is -0.469 e. The van der Waals surface area contributed by atoms with Crippen molar-refractivity contribution in [3.05, 3.63) is 0 Å². The van der Waals surface area contributed by atoms with Gasteiger partial charge in [-0.2, -0.15) is 0 Å². The SMILES string of the molecule is COC(=O)CC(C)OC1CCOCC1. The van der Waals surface area contributed by atoms with Gasteiger partial charge in [-0.3, -0.25) is 4.79 Å². The summed E-state index contributed by atoms with van der Waals surface area (Å²) in [6, 6.07) is 0. The lowest BCUT2D eigenvalue weighted by Crippen LogP contribution is -2.28. The second-order valence-electron chi connectivity index (χ2n) is 3.54. The Morgan fingerprint density at radius 1 is 1.50 bits per heavy atom. The van der Waals surface area contributed by atoms with E-state index in [1.165, 1.54) is 7.11 Å². The third-order valence-corrected chi connectivity index (χ3v) is 2.27. The highest BCUT2D eigenvalue weighted by atomic mass is 16.5. The van der Waals surface area contributed by atoms with Crippen LogP contribution in [-0.2, 0) is 19.0 Å². The Morgan fingerprint density at radius 3 is 2.71 bits per heavy atom. The molecular formula is C10H18O4. The Labute approximate surface area is 84.5 Å². The summed E-state index contributed by atoms with van der Waals surface area (Å²) in [5, 5.41) is 0. The second-order valence-corrected chi connectivity index (χ2v) is 3.54. The van der Waals surface area contributed by atoms with Gasteiger partial charge in [-0.1, -0.05) is 0 Å². The van der Waals surface area contributed by atoms with E-state index in [2.05, 4.69) is 4.74 Å². The summed E-state index contributed by atoms with van der Waals surface area (Å²) < 4.78 is 15.5. The molecule has 4 heteroatoms. The topological polar surface area (TPSA) is 44.8 Å². The number of carbonyl (C=O) groups is 1. The van der Waals surface area contributed by atoms with E-state index in [1.807, 2.05) is 6.92 Å². The Balaban J connectivity index is 2.18. The molecule has 0 spiro atoms. The van der Waals surface area contributed by atoms with E-state index < -0.39 is 0 Å². The van der Waals surface area contributed by atoms with E-state index in [-0.39, 0.29) is 18.2 Å². The van der Waals surface area contributed by atoms with Gasteiger partial charge >= 0.3 is 5.97 Å². The lowest BCUT2D eigenvalue weighted by Gasteiger charge is -2.25. The zero-order valence-electron chi connectivity index (χ0n) is 8.82. The average Bonchev–Trinajstić information content (AvgIpc) is 2.19. The van der Waals surface area contributed by atoms with Crippen LogP contribution in [0.5, 0.6) is 0 Å². The molecule has 1 saturated heterocycles. The van der Waals surface area contributed by atoms with Gasteiger partial charge in [-0.25, -0.2) is 0 Å². The van der Waals surface area contributed by atoms with Crippen molar-refractivity contribution in [2.75, 3.05) is 20.3 Å². The molecule has 0 aromatic carbocycles. The largest absolute Gasteiger partial charge is 0.469 e. The molecule has 0 saturated carbocycles. The third-order valence-electron chi connectivity index (χ3n) is 2.27. The molecule has 0 bridgehead atoms. The number of hydrogen-bond donors (Lipinski definition) is 0. The first-order chi connectivity index (χ1) is 6.72. The fraction of sp³-hybridized carbons (Fsp3) is 0.900.